The minimum absolute atomic E-state index is 0.210. The Bertz CT molecular complexity index is 702. The van der Waals surface area contributed by atoms with Crippen molar-refractivity contribution in [2.24, 2.45) is 0 Å². The molecule has 0 aliphatic carbocycles. The van der Waals surface area contributed by atoms with Gasteiger partial charge in [-0.1, -0.05) is 46.4 Å². The van der Waals surface area contributed by atoms with Gasteiger partial charge in [0, 0.05) is 24.2 Å². The van der Waals surface area contributed by atoms with Crippen LogP contribution in [0.2, 0.25) is 20.1 Å². The van der Waals surface area contributed by atoms with Gasteiger partial charge in [-0.25, -0.2) is 0 Å². The van der Waals surface area contributed by atoms with Gasteiger partial charge in [-0.15, -0.1) is 0 Å². The molecule has 1 heterocycles. The summed E-state index contributed by atoms with van der Waals surface area (Å²) in [6.07, 6.45) is 0. The summed E-state index contributed by atoms with van der Waals surface area (Å²) in [7, 11) is 3.14. The average molecular weight is 436 g/mol. The Labute approximate surface area is 172 Å². The van der Waals surface area contributed by atoms with Crippen molar-refractivity contribution in [3.63, 3.8) is 0 Å². The van der Waals surface area contributed by atoms with Crippen LogP contribution in [0.25, 0.3) is 0 Å². The molecule has 26 heavy (non-hydrogen) atoms. The van der Waals surface area contributed by atoms with E-state index in [1.54, 1.807) is 38.5 Å². The maximum Gasteiger partial charge on any atom is 0.121 e. The highest BCUT2D eigenvalue weighted by molar-refractivity contribution is 6.37. The SMILES string of the molecule is COc1cc(Cl)c([C@H]2NCCN[C@H]2c2c(Cl)cc(OC)cc2Cl)c(Cl)c1. The van der Waals surface area contributed by atoms with Gasteiger partial charge in [0.2, 0.25) is 0 Å². The van der Waals surface area contributed by atoms with Crippen LogP contribution in [0.1, 0.15) is 23.2 Å². The Morgan fingerprint density at radius 1 is 0.692 bits per heavy atom. The van der Waals surface area contributed by atoms with E-state index in [4.69, 9.17) is 55.9 Å². The summed E-state index contributed by atoms with van der Waals surface area (Å²) in [5, 5.41) is 8.99. The zero-order chi connectivity index (χ0) is 18.8. The molecule has 4 nitrogen and oxygen atoms in total. The number of hydrogen-bond donors (Lipinski definition) is 2. The molecule has 1 saturated heterocycles. The summed E-state index contributed by atoms with van der Waals surface area (Å²) in [4.78, 5) is 0. The van der Waals surface area contributed by atoms with Crippen molar-refractivity contribution in [1.29, 1.82) is 0 Å². The molecule has 8 heteroatoms. The average Bonchev–Trinajstić information content (AvgIpc) is 2.61. The topological polar surface area (TPSA) is 42.5 Å². The quantitative estimate of drug-likeness (QED) is 0.684. The van der Waals surface area contributed by atoms with Crippen LogP contribution >= 0.6 is 46.4 Å². The summed E-state index contributed by atoms with van der Waals surface area (Å²) >= 11 is 26.0. The summed E-state index contributed by atoms with van der Waals surface area (Å²) in [6.45, 7) is 1.51. The molecule has 2 aromatic rings. The minimum atomic E-state index is -0.210. The van der Waals surface area contributed by atoms with Crippen LogP contribution in [-0.4, -0.2) is 27.3 Å². The van der Waals surface area contributed by atoms with Crippen LogP contribution in [-0.2, 0) is 0 Å². The number of methoxy groups -OCH3 is 2. The van der Waals surface area contributed by atoms with Gasteiger partial charge in [0.1, 0.15) is 11.5 Å². The van der Waals surface area contributed by atoms with Gasteiger partial charge in [0.05, 0.1) is 46.4 Å². The van der Waals surface area contributed by atoms with E-state index in [1.807, 2.05) is 0 Å². The number of ether oxygens (including phenoxy) is 2. The molecule has 0 saturated carbocycles. The number of rotatable bonds is 4. The first-order valence-corrected chi connectivity index (χ1v) is 9.50. The molecule has 0 unspecified atom stereocenters. The number of hydrogen-bond acceptors (Lipinski definition) is 4. The Kier molecular flexibility index (Phi) is 6.44. The summed E-state index contributed by atoms with van der Waals surface area (Å²) in [5.74, 6) is 1.20. The zero-order valence-corrected chi connectivity index (χ0v) is 17.2. The van der Waals surface area contributed by atoms with Crippen molar-refractivity contribution in [2.45, 2.75) is 12.1 Å². The first kappa shape index (κ1) is 19.9. The van der Waals surface area contributed by atoms with Crippen LogP contribution in [0.4, 0.5) is 0 Å². The van der Waals surface area contributed by atoms with Crippen molar-refractivity contribution < 1.29 is 9.47 Å². The molecule has 0 bridgehead atoms. The summed E-state index contributed by atoms with van der Waals surface area (Å²) in [5.41, 5.74) is 1.54. The lowest BCUT2D eigenvalue weighted by atomic mass is 9.91. The Morgan fingerprint density at radius 2 is 1.00 bits per heavy atom. The number of halogens is 4. The molecular weight excluding hydrogens is 418 g/mol. The van der Waals surface area contributed by atoms with Crippen LogP contribution in [0.5, 0.6) is 11.5 Å². The van der Waals surface area contributed by atoms with E-state index >= 15 is 0 Å². The van der Waals surface area contributed by atoms with Gasteiger partial charge >= 0.3 is 0 Å². The van der Waals surface area contributed by atoms with Gasteiger partial charge in [0.25, 0.3) is 0 Å². The zero-order valence-electron chi connectivity index (χ0n) is 14.2. The molecular formula is C18H18Cl4N2O2. The molecule has 0 radical (unpaired) electrons. The molecule has 1 fully saturated rings. The first-order valence-electron chi connectivity index (χ1n) is 7.99. The van der Waals surface area contributed by atoms with E-state index in [1.165, 1.54) is 0 Å². The van der Waals surface area contributed by atoms with Crippen molar-refractivity contribution in [3.05, 3.63) is 55.5 Å². The van der Waals surface area contributed by atoms with Crippen molar-refractivity contribution in [1.82, 2.24) is 10.6 Å². The van der Waals surface area contributed by atoms with Crippen molar-refractivity contribution in [2.75, 3.05) is 27.3 Å². The van der Waals surface area contributed by atoms with Crippen LogP contribution in [0.15, 0.2) is 24.3 Å². The number of benzene rings is 2. The van der Waals surface area contributed by atoms with Crippen LogP contribution < -0.4 is 20.1 Å². The molecule has 2 aromatic carbocycles. The Morgan fingerprint density at radius 3 is 1.27 bits per heavy atom. The predicted octanol–water partition coefficient (Wildman–Crippen LogP) is 5.29. The van der Waals surface area contributed by atoms with Crippen LogP contribution in [0, 0.1) is 0 Å². The third-order valence-corrected chi connectivity index (χ3v) is 5.64. The normalized spacial score (nSPS) is 20.1. The van der Waals surface area contributed by atoms with Gasteiger partial charge < -0.3 is 20.1 Å². The predicted molar refractivity (Wildman–Crippen MR) is 108 cm³/mol. The van der Waals surface area contributed by atoms with Gasteiger partial charge in [0.15, 0.2) is 0 Å². The Hall–Kier alpha value is -0.880. The first-order chi connectivity index (χ1) is 12.5. The molecule has 2 N–H and O–H groups in total. The maximum absolute atomic E-state index is 6.51. The van der Waals surface area contributed by atoms with E-state index in [0.29, 0.717) is 31.6 Å². The highest BCUT2D eigenvalue weighted by Crippen LogP contribution is 2.44. The fourth-order valence-corrected chi connectivity index (χ4v) is 4.58. The minimum Gasteiger partial charge on any atom is -0.497 e. The highest BCUT2D eigenvalue weighted by Gasteiger charge is 2.33. The largest absolute Gasteiger partial charge is 0.497 e. The lowest BCUT2D eigenvalue weighted by Crippen LogP contribution is -2.45. The molecule has 2 atom stereocenters. The molecule has 140 valence electrons. The third-order valence-electron chi connectivity index (χ3n) is 4.39. The standard InChI is InChI=1S/C18H18Cl4N2O2/c1-25-9-5-11(19)15(12(20)6-9)17-18(24-4-3-23-17)16-13(21)7-10(26-2)8-14(16)22/h5-8,17-18,23-24H,3-4H2,1-2H3/t17-,18+. The lowest BCUT2D eigenvalue weighted by molar-refractivity contribution is 0.332. The second-order valence-electron chi connectivity index (χ2n) is 5.87. The third kappa shape index (κ3) is 3.86. The fraction of sp³-hybridized carbons (Fsp3) is 0.333. The lowest BCUT2D eigenvalue weighted by Gasteiger charge is -2.36. The second-order valence-corrected chi connectivity index (χ2v) is 7.50. The van der Waals surface area contributed by atoms with Crippen molar-refractivity contribution in [3.8, 4) is 11.5 Å². The molecule has 0 amide bonds. The van der Waals surface area contributed by atoms with Gasteiger partial charge in [-0.3, -0.25) is 0 Å². The maximum atomic E-state index is 6.51. The van der Waals surface area contributed by atoms with E-state index in [0.717, 1.165) is 24.2 Å². The smallest absolute Gasteiger partial charge is 0.121 e. The highest BCUT2D eigenvalue weighted by atomic mass is 35.5. The second kappa shape index (κ2) is 8.42. The van der Waals surface area contributed by atoms with E-state index in [2.05, 4.69) is 10.6 Å². The Balaban J connectivity index is 2.08. The molecule has 0 spiro atoms. The molecule has 0 aromatic heterocycles. The fourth-order valence-electron chi connectivity index (χ4n) is 3.18. The van der Waals surface area contributed by atoms with Crippen LogP contribution in [0.3, 0.4) is 0 Å². The molecule has 3 rings (SSSR count). The summed E-state index contributed by atoms with van der Waals surface area (Å²) < 4.78 is 10.5. The van der Waals surface area contributed by atoms with E-state index in [9.17, 15) is 0 Å². The molecule has 1 aliphatic rings. The summed E-state index contributed by atoms with van der Waals surface area (Å²) in [6, 6.07) is 6.55. The number of nitrogens with one attached hydrogen (secondary N) is 2. The monoisotopic (exact) mass is 434 g/mol. The van der Waals surface area contributed by atoms with Gasteiger partial charge in [-0.2, -0.15) is 0 Å². The van der Waals surface area contributed by atoms with E-state index in [-0.39, 0.29) is 12.1 Å². The van der Waals surface area contributed by atoms with E-state index < -0.39 is 0 Å². The number of piperazine rings is 1. The van der Waals surface area contributed by atoms with Gasteiger partial charge in [-0.05, 0) is 24.3 Å². The van der Waals surface area contributed by atoms with Crippen molar-refractivity contribution >= 4 is 46.4 Å². The molecule has 1 aliphatic heterocycles.